The number of aromatic nitrogens is 4. The summed E-state index contributed by atoms with van der Waals surface area (Å²) in [5, 5.41) is 4.41. The monoisotopic (exact) mass is 438 g/mol. The summed E-state index contributed by atoms with van der Waals surface area (Å²) in [7, 11) is 1.70. The number of anilines is 2. The fourth-order valence-corrected chi connectivity index (χ4v) is 4.72. The third-order valence-electron chi connectivity index (χ3n) is 5.64. The molecule has 0 amide bonds. The number of ether oxygens (including phenoxy) is 1. The summed E-state index contributed by atoms with van der Waals surface area (Å²) >= 11 is 1.69. The van der Waals surface area contributed by atoms with Crippen molar-refractivity contribution < 1.29 is 4.74 Å². The van der Waals surface area contributed by atoms with E-state index in [1.807, 2.05) is 19.3 Å². The molecule has 1 fully saturated rings. The highest BCUT2D eigenvalue weighted by Crippen LogP contribution is 2.31. The highest BCUT2D eigenvalue weighted by molar-refractivity contribution is 7.15. The topological polar surface area (TPSA) is 76.1 Å². The minimum Gasteiger partial charge on any atom is -0.384 e. The third kappa shape index (κ3) is 5.64. The minimum absolute atomic E-state index is 0.433. The number of nitrogens with zero attached hydrogens (tertiary/aromatic N) is 5. The van der Waals surface area contributed by atoms with Gasteiger partial charge in [0.05, 0.1) is 12.3 Å². The van der Waals surface area contributed by atoms with Gasteiger partial charge in [-0.3, -0.25) is 9.88 Å². The van der Waals surface area contributed by atoms with Gasteiger partial charge in [0, 0.05) is 72.4 Å². The lowest BCUT2D eigenvalue weighted by molar-refractivity contribution is 0.200. The summed E-state index contributed by atoms with van der Waals surface area (Å²) in [6.07, 6.45) is 5.74. The van der Waals surface area contributed by atoms with Crippen LogP contribution in [0.1, 0.15) is 45.7 Å². The van der Waals surface area contributed by atoms with Crippen molar-refractivity contribution in [3.63, 3.8) is 0 Å². The molecule has 1 saturated heterocycles. The molecule has 0 bridgehead atoms. The van der Waals surface area contributed by atoms with E-state index in [0.717, 1.165) is 71.8 Å². The summed E-state index contributed by atoms with van der Waals surface area (Å²) < 4.78 is 5.09. The third-order valence-corrected chi connectivity index (χ3v) is 6.63. The number of nitrogens with one attached hydrogen (secondary N) is 1. The van der Waals surface area contributed by atoms with Gasteiger partial charge in [-0.2, -0.15) is 0 Å². The fraction of sp³-hybridized carbons (Fsp3) is 0.478. The minimum atomic E-state index is 0.433. The number of methoxy groups -OCH3 is 1. The molecule has 4 heterocycles. The Morgan fingerprint density at radius 1 is 1.16 bits per heavy atom. The average molecular weight is 439 g/mol. The number of rotatable bonds is 8. The van der Waals surface area contributed by atoms with E-state index in [0.29, 0.717) is 12.5 Å². The Balaban J connectivity index is 1.38. The molecule has 7 nitrogen and oxygen atoms in total. The number of hydrogen-bond donors (Lipinski definition) is 1. The van der Waals surface area contributed by atoms with E-state index in [4.69, 9.17) is 9.72 Å². The highest BCUT2D eigenvalue weighted by Gasteiger charge is 2.25. The molecule has 0 saturated carbocycles. The molecule has 3 aromatic rings. The lowest BCUT2D eigenvalue weighted by Crippen LogP contribution is -2.20. The number of aryl methyl sites for hydroxylation is 3. The Kier molecular flexibility index (Phi) is 6.89. The molecule has 1 N–H and O–H groups in total. The standard InChI is InChI=1S/C23H30N6OS/c1-15-9-20(28-23-27-16(2)17(3)31-23)10-21(26-15)19-5-7-29(14-19)13-18-11-24-22(25-12-18)6-8-30-4/h9-12,19H,5-8,13-14H2,1-4H3,(H,26,27,28)/t19-/m1/s1. The van der Waals surface area contributed by atoms with E-state index in [9.17, 15) is 0 Å². The SMILES string of the molecule is COCCc1ncc(CN2CC[C@@H](c3cc(Nc4nc(C)c(C)s4)cc(C)n3)C2)cn1. The quantitative estimate of drug-likeness (QED) is 0.565. The van der Waals surface area contributed by atoms with Gasteiger partial charge in [-0.25, -0.2) is 15.0 Å². The van der Waals surface area contributed by atoms with Gasteiger partial charge in [-0.15, -0.1) is 11.3 Å². The van der Waals surface area contributed by atoms with Crippen molar-refractivity contribution in [3.8, 4) is 0 Å². The molecule has 1 aliphatic heterocycles. The highest BCUT2D eigenvalue weighted by atomic mass is 32.1. The van der Waals surface area contributed by atoms with Crippen molar-refractivity contribution in [2.75, 3.05) is 32.1 Å². The summed E-state index contributed by atoms with van der Waals surface area (Å²) in [4.78, 5) is 22.1. The molecule has 4 rings (SSSR count). The Hall–Kier alpha value is -2.42. The molecule has 0 radical (unpaired) electrons. The lowest BCUT2D eigenvalue weighted by Gasteiger charge is -2.16. The van der Waals surface area contributed by atoms with Crippen LogP contribution in [0, 0.1) is 20.8 Å². The Bertz CT molecular complexity index is 1000. The van der Waals surface area contributed by atoms with Crippen molar-refractivity contribution >= 4 is 22.2 Å². The molecule has 0 unspecified atom stereocenters. The maximum Gasteiger partial charge on any atom is 0.187 e. The van der Waals surface area contributed by atoms with Crippen LogP contribution < -0.4 is 5.32 Å². The van der Waals surface area contributed by atoms with E-state index in [2.05, 4.69) is 51.1 Å². The van der Waals surface area contributed by atoms with E-state index < -0.39 is 0 Å². The Morgan fingerprint density at radius 3 is 2.68 bits per heavy atom. The fourth-order valence-electron chi connectivity index (χ4n) is 3.89. The summed E-state index contributed by atoms with van der Waals surface area (Å²) in [5.74, 6) is 1.27. The van der Waals surface area contributed by atoms with E-state index >= 15 is 0 Å². The van der Waals surface area contributed by atoms with Crippen LogP contribution in [0.5, 0.6) is 0 Å². The molecular weight excluding hydrogens is 408 g/mol. The second-order valence-electron chi connectivity index (χ2n) is 8.18. The van der Waals surface area contributed by atoms with Crippen molar-refractivity contribution in [2.45, 2.75) is 46.1 Å². The molecule has 3 aromatic heterocycles. The summed E-state index contributed by atoms with van der Waals surface area (Å²) in [5.41, 5.74) is 5.48. The van der Waals surface area contributed by atoms with Crippen LogP contribution in [0.25, 0.3) is 0 Å². The second-order valence-corrected chi connectivity index (χ2v) is 9.38. The van der Waals surface area contributed by atoms with Gasteiger partial charge < -0.3 is 10.1 Å². The zero-order chi connectivity index (χ0) is 21.8. The maximum atomic E-state index is 5.09. The van der Waals surface area contributed by atoms with Crippen LogP contribution >= 0.6 is 11.3 Å². The lowest BCUT2D eigenvalue weighted by atomic mass is 10.0. The van der Waals surface area contributed by atoms with Gasteiger partial charge in [-0.05, 0) is 45.9 Å². The van der Waals surface area contributed by atoms with Gasteiger partial charge in [0.25, 0.3) is 0 Å². The Labute approximate surface area is 187 Å². The number of pyridine rings is 1. The first-order chi connectivity index (χ1) is 15.0. The maximum absolute atomic E-state index is 5.09. The zero-order valence-electron chi connectivity index (χ0n) is 18.7. The van der Waals surface area contributed by atoms with E-state index in [1.165, 1.54) is 4.88 Å². The largest absolute Gasteiger partial charge is 0.384 e. The Morgan fingerprint density at radius 2 is 1.97 bits per heavy atom. The second kappa shape index (κ2) is 9.80. The molecular formula is C23H30N6OS. The first-order valence-corrected chi connectivity index (χ1v) is 11.5. The summed E-state index contributed by atoms with van der Waals surface area (Å²) in [6.45, 7) is 9.78. The van der Waals surface area contributed by atoms with E-state index in [1.54, 1.807) is 18.4 Å². The van der Waals surface area contributed by atoms with Crippen molar-refractivity contribution in [2.24, 2.45) is 0 Å². The number of hydrogen-bond acceptors (Lipinski definition) is 8. The molecule has 1 aliphatic rings. The molecule has 0 spiro atoms. The van der Waals surface area contributed by atoms with Crippen molar-refractivity contribution in [3.05, 3.63) is 57.9 Å². The molecule has 8 heteroatoms. The van der Waals surface area contributed by atoms with E-state index in [-0.39, 0.29) is 0 Å². The normalized spacial score (nSPS) is 16.7. The van der Waals surface area contributed by atoms with Crippen LogP contribution in [0.2, 0.25) is 0 Å². The number of likely N-dealkylation sites (tertiary alicyclic amines) is 1. The molecule has 0 aromatic carbocycles. The van der Waals surface area contributed by atoms with Gasteiger partial charge >= 0.3 is 0 Å². The van der Waals surface area contributed by atoms with Gasteiger partial charge in [0.1, 0.15) is 5.82 Å². The van der Waals surface area contributed by atoms with Crippen LogP contribution in [-0.2, 0) is 17.7 Å². The van der Waals surface area contributed by atoms with Crippen molar-refractivity contribution in [1.82, 2.24) is 24.8 Å². The smallest absolute Gasteiger partial charge is 0.187 e. The van der Waals surface area contributed by atoms with Gasteiger partial charge in [0.2, 0.25) is 0 Å². The van der Waals surface area contributed by atoms with Gasteiger partial charge in [0.15, 0.2) is 5.13 Å². The summed E-state index contributed by atoms with van der Waals surface area (Å²) in [6, 6.07) is 4.27. The first-order valence-electron chi connectivity index (χ1n) is 10.7. The first kappa shape index (κ1) is 21.8. The predicted octanol–water partition coefficient (Wildman–Crippen LogP) is 4.18. The van der Waals surface area contributed by atoms with Crippen LogP contribution in [-0.4, -0.2) is 51.6 Å². The van der Waals surface area contributed by atoms with Crippen LogP contribution in [0.15, 0.2) is 24.5 Å². The molecule has 0 aliphatic carbocycles. The van der Waals surface area contributed by atoms with Crippen molar-refractivity contribution in [1.29, 1.82) is 0 Å². The molecule has 31 heavy (non-hydrogen) atoms. The zero-order valence-corrected chi connectivity index (χ0v) is 19.5. The van der Waals surface area contributed by atoms with Crippen LogP contribution in [0.4, 0.5) is 10.8 Å². The molecule has 1 atom stereocenters. The van der Waals surface area contributed by atoms with Crippen LogP contribution in [0.3, 0.4) is 0 Å². The number of thiazole rings is 1. The predicted molar refractivity (Wildman–Crippen MR) is 124 cm³/mol. The average Bonchev–Trinajstić information content (AvgIpc) is 3.33. The molecule has 164 valence electrons. The van der Waals surface area contributed by atoms with Gasteiger partial charge in [-0.1, -0.05) is 0 Å².